The number of likely N-dealkylation sites (tertiary alicyclic amines) is 1. The van der Waals surface area contributed by atoms with Gasteiger partial charge in [0.05, 0.1) is 25.4 Å². The second-order valence-electron chi connectivity index (χ2n) is 5.11. The summed E-state index contributed by atoms with van der Waals surface area (Å²) in [5.41, 5.74) is 1.49. The number of carbonyl (C=O) groups excluding carboxylic acids is 1. The Hall–Kier alpha value is -1.46. The van der Waals surface area contributed by atoms with Crippen molar-refractivity contribution >= 4 is 5.91 Å². The third-order valence-electron chi connectivity index (χ3n) is 3.60. The van der Waals surface area contributed by atoms with Gasteiger partial charge in [-0.25, -0.2) is 0 Å². The predicted molar refractivity (Wildman–Crippen MR) is 75.7 cm³/mol. The van der Waals surface area contributed by atoms with Crippen molar-refractivity contribution in [2.24, 2.45) is 5.92 Å². The van der Waals surface area contributed by atoms with Crippen LogP contribution in [-0.4, -0.2) is 55.8 Å². The minimum absolute atomic E-state index is 0.0787. The Balaban J connectivity index is 1.83. The van der Waals surface area contributed by atoms with E-state index in [0.29, 0.717) is 31.3 Å². The molecule has 0 saturated carbocycles. The van der Waals surface area contributed by atoms with E-state index in [1.165, 1.54) is 0 Å². The van der Waals surface area contributed by atoms with Crippen LogP contribution in [0, 0.1) is 12.8 Å². The van der Waals surface area contributed by atoms with Crippen LogP contribution in [0.4, 0.5) is 0 Å². The molecule has 0 radical (unpaired) electrons. The molecule has 1 atom stereocenters. The largest absolute Gasteiger partial charge is 0.382 e. The first-order valence-corrected chi connectivity index (χ1v) is 7.00. The molecule has 0 bridgehead atoms. The van der Waals surface area contributed by atoms with Crippen LogP contribution in [-0.2, 0) is 9.47 Å². The monoisotopic (exact) mass is 278 g/mol. The van der Waals surface area contributed by atoms with Crippen LogP contribution < -0.4 is 0 Å². The molecule has 0 unspecified atom stereocenters. The highest BCUT2D eigenvalue weighted by molar-refractivity contribution is 5.95. The van der Waals surface area contributed by atoms with Crippen molar-refractivity contribution in [3.63, 3.8) is 0 Å². The maximum absolute atomic E-state index is 12.4. The minimum Gasteiger partial charge on any atom is -0.382 e. The topological polar surface area (TPSA) is 51.7 Å². The van der Waals surface area contributed by atoms with Crippen LogP contribution in [0.5, 0.6) is 0 Å². The average molecular weight is 278 g/mol. The fourth-order valence-corrected chi connectivity index (χ4v) is 2.43. The highest BCUT2D eigenvalue weighted by Gasteiger charge is 2.27. The molecular weight excluding hydrogens is 256 g/mol. The zero-order valence-corrected chi connectivity index (χ0v) is 12.2. The van der Waals surface area contributed by atoms with Crippen molar-refractivity contribution < 1.29 is 14.3 Å². The highest BCUT2D eigenvalue weighted by atomic mass is 16.5. The molecule has 1 aliphatic rings. The lowest BCUT2D eigenvalue weighted by Crippen LogP contribution is -2.30. The van der Waals surface area contributed by atoms with Gasteiger partial charge in [0.25, 0.3) is 5.91 Å². The summed E-state index contributed by atoms with van der Waals surface area (Å²) in [7, 11) is 1.66. The standard InChI is InChI=1S/C15H22N2O3/c1-12-14(4-3-6-16-12)15(18)17-7-5-13(10-17)11-20-9-8-19-2/h3-4,6,13H,5,7-11H2,1-2H3/t13-/m0/s1. The van der Waals surface area contributed by atoms with Crippen LogP contribution in [0.15, 0.2) is 18.3 Å². The minimum atomic E-state index is 0.0787. The van der Waals surface area contributed by atoms with E-state index in [-0.39, 0.29) is 5.91 Å². The van der Waals surface area contributed by atoms with Crippen molar-refractivity contribution in [2.75, 3.05) is 40.0 Å². The van der Waals surface area contributed by atoms with Gasteiger partial charge in [0.15, 0.2) is 0 Å². The van der Waals surface area contributed by atoms with E-state index < -0.39 is 0 Å². The van der Waals surface area contributed by atoms with Crippen LogP contribution in [0.2, 0.25) is 0 Å². The Bertz CT molecular complexity index is 450. The molecule has 1 aromatic heterocycles. The van der Waals surface area contributed by atoms with E-state index in [1.54, 1.807) is 13.3 Å². The molecule has 1 aromatic rings. The number of ether oxygens (including phenoxy) is 2. The number of hydrogen-bond acceptors (Lipinski definition) is 4. The van der Waals surface area contributed by atoms with Crippen LogP contribution in [0.25, 0.3) is 0 Å². The second-order valence-corrected chi connectivity index (χ2v) is 5.11. The molecule has 20 heavy (non-hydrogen) atoms. The predicted octanol–water partition coefficient (Wildman–Crippen LogP) is 1.52. The van der Waals surface area contributed by atoms with E-state index in [2.05, 4.69) is 4.98 Å². The smallest absolute Gasteiger partial charge is 0.255 e. The third kappa shape index (κ3) is 3.77. The van der Waals surface area contributed by atoms with E-state index in [4.69, 9.17) is 9.47 Å². The molecule has 1 amide bonds. The molecule has 5 nitrogen and oxygen atoms in total. The number of amides is 1. The maximum atomic E-state index is 12.4. The van der Waals surface area contributed by atoms with Gasteiger partial charge in [-0.2, -0.15) is 0 Å². The SMILES string of the molecule is COCCOC[C@H]1CCN(C(=O)c2cccnc2C)C1. The van der Waals surface area contributed by atoms with Crippen LogP contribution in [0.1, 0.15) is 22.5 Å². The molecular formula is C15H22N2O3. The molecule has 5 heteroatoms. The molecule has 0 aromatic carbocycles. The van der Waals surface area contributed by atoms with Crippen molar-refractivity contribution in [3.8, 4) is 0 Å². The molecule has 0 spiro atoms. The first kappa shape index (κ1) is 14.9. The summed E-state index contributed by atoms with van der Waals surface area (Å²) in [6.07, 6.45) is 2.71. The lowest BCUT2D eigenvalue weighted by atomic mass is 10.1. The number of methoxy groups -OCH3 is 1. The maximum Gasteiger partial charge on any atom is 0.255 e. The van der Waals surface area contributed by atoms with Gasteiger partial charge < -0.3 is 14.4 Å². The zero-order valence-electron chi connectivity index (χ0n) is 12.2. The van der Waals surface area contributed by atoms with Gasteiger partial charge in [-0.15, -0.1) is 0 Å². The van der Waals surface area contributed by atoms with Gasteiger partial charge in [0.1, 0.15) is 0 Å². The number of aryl methyl sites for hydroxylation is 1. The molecule has 1 fully saturated rings. The van der Waals surface area contributed by atoms with Crippen molar-refractivity contribution in [2.45, 2.75) is 13.3 Å². The summed E-state index contributed by atoms with van der Waals surface area (Å²) in [5, 5.41) is 0. The molecule has 2 rings (SSSR count). The number of nitrogens with zero attached hydrogens (tertiary/aromatic N) is 2. The van der Waals surface area contributed by atoms with Gasteiger partial charge in [-0.3, -0.25) is 9.78 Å². The molecule has 0 aliphatic carbocycles. The quantitative estimate of drug-likeness (QED) is 0.740. The first-order chi connectivity index (χ1) is 9.72. The number of pyridine rings is 1. The van der Waals surface area contributed by atoms with E-state index in [1.807, 2.05) is 24.0 Å². The number of hydrogen-bond donors (Lipinski definition) is 0. The van der Waals surface area contributed by atoms with Crippen molar-refractivity contribution in [1.29, 1.82) is 0 Å². The van der Waals surface area contributed by atoms with Gasteiger partial charge in [-0.1, -0.05) is 0 Å². The fraction of sp³-hybridized carbons (Fsp3) is 0.600. The second kappa shape index (κ2) is 7.36. The van der Waals surface area contributed by atoms with E-state index in [0.717, 1.165) is 25.2 Å². The summed E-state index contributed by atoms with van der Waals surface area (Å²) >= 11 is 0. The van der Waals surface area contributed by atoms with Gasteiger partial charge in [-0.05, 0) is 25.5 Å². The van der Waals surface area contributed by atoms with Gasteiger partial charge in [0, 0.05) is 38.0 Å². The van der Waals surface area contributed by atoms with Crippen molar-refractivity contribution in [3.05, 3.63) is 29.6 Å². The van der Waals surface area contributed by atoms with Crippen molar-refractivity contribution in [1.82, 2.24) is 9.88 Å². The zero-order chi connectivity index (χ0) is 14.4. The molecule has 0 N–H and O–H groups in total. The third-order valence-corrected chi connectivity index (χ3v) is 3.60. The number of rotatable bonds is 6. The summed E-state index contributed by atoms with van der Waals surface area (Å²) in [6, 6.07) is 3.65. The Morgan fingerprint density at radius 3 is 3.10 bits per heavy atom. The normalized spacial score (nSPS) is 18.5. The number of aromatic nitrogens is 1. The average Bonchev–Trinajstić information content (AvgIpc) is 2.92. The fourth-order valence-electron chi connectivity index (χ4n) is 2.43. The van der Waals surface area contributed by atoms with Gasteiger partial charge >= 0.3 is 0 Å². The Morgan fingerprint density at radius 1 is 1.50 bits per heavy atom. The summed E-state index contributed by atoms with van der Waals surface area (Å²) in [4.78, 5) is 18.5. The summed E-state index contributed by atoms with van der Waals surface area (Å²) < 4.78 is 10.5. The van der Waals surface area contributed by atoms with Crippen LogP contribution >= 0.6 is 0 Å². The number of carbonyl (C=O) groups is 1. The van der Waals surface area contributed by atoms with Gasteiger partial charge in [0.2, 0.25) is 0 Å². The first-order valence-electron chi connectivity index (χ1n) is 7.00. The molecule has 2 heterocycles. The molecule has 1 aliphatic heterocycles. The van der Waals surface area contributed by atoms with E-state index >= 15 is 0 Å². The Kier molecular flexibility index (Phi) is 5.49. The summed E-state index contributed by atoms with van der Waals surface area (Å²) in [6.45, 7) is 5.35. The lowest BCUT2D eigenvalue weighted by molar-refractivity contribution is 0.0515. The highest BCUT2D eigenvalue weighted by Crippen LogP contribution is 2.19. The molecule has 1 saturated heterocycles. The lowest BCUT2D eigenvalue weighted by Gasteiger charge is -2.17. The van der Waals surface area contributed by atoms with E-state index in [9.17, 15) is 4.79 Å². The Labute approximate surface area is 119 Å². The van der Waals surface area contributed by atoms with Crippen LogP contribution in [0.3, 0.4) is 0 Å². The Morgan fingerprint density at radius 2 is 2.35 bits per heavy atom. The molecule has 110 valence electrons. The summed E-state index contributed by atoms with van der Waals surface area (Å²) in [5.74, 6) is 0.503.